The summed E-state index contributed by atoms with van der Waals surface area (Å²) in [5.41, 5.74) is 0.229. The minimum absolute atomic E-state index is 0.0250. The second-order valence-corrected chi connectivity index (χ2v) is 8.01. The van der Waals surface area contributed by atoms with Crippen LogP contribution >= 0.6 is 23.1 Å². The van der Waals surface area contributed by atoms with Gasteiger partial charge in [-0.2, -0.15) is 0 Å². The lowest BCUT2D eigenvalue weighted by atomic mass is 10.00. The summed E-state index contributed by atoms with van der Waals surface area (Å²) in [6.45, 7) is 2.83. The van der Waals surface area contributed by atoms with Gasteiger partial charge in [0, 0.05) is 17.2 Å². The summed E-state index contributed by atoms with van der Waals surface area (Å²) < 4.78 is 0. The Labute approximate surface area is 150 Å². The number of thioether (sulfide) groups is 1. The number of hydrogen-bond donors (Lipinski definition) is 1. The first kappa shape index (κ1) is 17.0. The number of nitrogens with one attached hydrogen (secondary N) is 1. The van der Waals surface area contributed by atoms with Crippen LogP contribution in [0.25, 0.3) is 0 Å². The van der Waals surface area contributed by atoms with Crippen LogP contribution in [0.1, 0.15) is 17.4 Å². The van der Waals surface area contributed by atoms with Crippen LogP contribution in [-0.4, -0.2) is 33.8 Å². The predicted octanol–water partition coefficient (Wildman–Crippen LogP) is 2.90. The van der Waals surface area contributed by atoms with Crippen molar-refractivity contribution < 1.29 is 9.59 Å². The molecule has 126 valence electrons. The van der Waals surface area contributed by atoms with E-state index in [2.05, 4.69) is 5.32 Å². The first-order chi connectivity index (χ1) is 11.6. The quantitative estimate of drug-likeness (QED) is 0.892. The second-order valence-electron chi connectivity index (χ2n) is 5.99. The third kappa shape index (κ3) is 3.65. The maximum atomic E-state index is 12.9. The molecule has 0 radical (unpaired) electrons. The summed E-state index contributed by atoms with van der Waals surface area (Å²) in [4.78, 5) is 28.1. The Hall–Kier alpha value is -1.79. The molecule has 1 unspecified atom stereocenters. The molecule has 0 bridgehead atoms. The SMILES string of the molecule is CC1(C(=O)NCc2ccccc2)CSCC(=O)N1Cc1cccs1. The molecule has 24 heavy (non-hydrogen) atoms. The van der Waals surface area contributed by atoms with Gasteiger partial charge in [-0.25, -0.2) is 0 Å². The first-order valence-corrected chi connectivity index (χ1v) is 9.86. The van der Waals surface area contributed by atoms with E-state index in [0.717, 1.165) is 10.4 Å². The number of hydrogen-bond acceptors (Lipinski definition) is 4. The summed E-state index contributed by atoms with van der Waals surface area (Å²) in [6.07, 6.45) is 0. The molecule has 1 atom stereocenters. The summed E-state index contributed by atoms with van der Waals surface area (Å²) in [5.74, 6) is 0.984. The monoisotopic (exact) mass is 360 g/mol. The van der Waals surface area contributed by atoms with Gasteiger partial charge in [0.1, 0.15) is 5.54 Å². The fourth-order valence-corrected chi connectivity index (χ4v) is 4.56. The van der Waals surface area contributed by atoms with E-state index in [1.54, 1.807) is 16.2 Å². The topological polar surface area (TPSA) is 49.4 Å². The summed E-state index contributed by atoms with van der Waals surface area (Å²) in [5, 5.41) is 4.99. The molecule has 0 spiro atoms. The Morgan fingerprint density at radius 3 is 2.75 bits per heavy atom. The van der Waals surface area contributed by atoms with Gasteiger partial charge >= 0.3 is 0 Å². The van der Waals surface area contributed by atoms with Crippen molar-refractivity contribution in [3.05, 3.63) is 58.3 Å². The van der Waals surface area contributed by atoms with Crippen molar-refractivity contribution in [3.63, 3.8) is 0 Å². The van der Waals surface area contributed by atoms with Gasteiger partial charge in [0.2, 0.25) is 11.8 Å². The molecule has 1 fully saturated rings. The van der Waals surface area contributed by atoms with Gasteiger partial charge in [-0.05, 0) is 23.9 Å². The number of thiophene rings is 1. The van der Waals surface area contributed by atoms with E-state index >= 15 is 0 Å². The molecule has 2 aromatic rings. The van der Waals surface area contributed by atoms with Crippen molar-refractivity contribution in [2.24, 2.45) is 0 Å². The highest BCUT2D eigenvalue weighted by atomic mass is 32.2. The van der Waals surface area contributed by atoms with Crippen molar-refractivity contribution in [2.75, 3.05) is 11.5 Å². The molecular weight excluding hydrogens is 340 g/mol. The third-order valence-electron chi connectivity index (χ3n) is 4.18. The zero-order valence-corrected chi connectivity index (χ0v) is 15.2. The molecule has 1 N–H and O–H groups in total. The van der Waals surface area contributed by atoms with E-state index in [9.17, 15) is 9.59 Å². The zero-order valence-electron chi connectivity index (χ0n) is 13.5. The third-order valence-corrected chi connectivity index (χ3v) is 6.26. The van der Waals surface area contributed by atoms with E-state index in [4.69, 9.17) is 0 Å². The standard InChI is InChI=1S/C18H20N2O2S2/c1-18(17(22)19-10-14-6-3-2-4-7-14)13-23-12-16(21)20(18)11-15-8-5-9-24-15/h2-9H,10-13H2,1H3,(H,19,22). The van der Waals surface area contributed by atoms with Crippen LogP contribution in [0.4, 0.5) is 0 Å². The van der Waals surface area contributed by atoms with E-state index in [1.807, 2.05) is 54.8 Å². The zero-order chi connectivity index (χ0) is 17.0. The number of carbonyl (C=O) groups is 2. The van der Waals surface area contributed by atoms with E-state index in [0.29, 0.717) is 24.6 Å². The molecule has 1 aliphatic rings. The van der Waals surface area contributed by atoms with Crippen LogP contribution in [0.5, 0.6) is 0 Å². The van der Waals surface area contributed by atoms with Gasteiger partial charge in [-0.15, -0.1) is 23.1 Å². The second kappa shape index (κ2) is 7.40. The van der Waals surface area contributed by atoms with Crippen molar-refractivity contribution in [3.8, 4) is 0 Å². The Kier molecular flexibility index (Phi) is 5.26. The van der Waals surface area contributed by atoms with Crippen molar-refractivity contribution in [1.29, 1.82) is 0 Å². The molecule has 1 aromatic carbocycles. The molecule has 4 nitrogen and oxygen atoms in total. The number of nitrogens with zero attached hydrogens (tertiary/aromatic N) is 1. The molecule has 1 aromatic heterocycles. The number of carbonyl (C=O) groups excluding carboxylic acids is 2. The first-order valence-electron chi connectivity index (χ1n) is 7.82. The maximum Gasteiger partial charge on any atom is 0.246 e. The normalized spacial score (nSPS) is 20.9. The molecule has 2 heterocycles. The molecule has 0 aliphatic carbocycles. The van der Waals surface area contributed by atoms with Crippen molar-refractivity contribution >= 4 is 34.9 Å². The molecule has 1 saturated heterocycles. The summed E-state index contributed by atoms with van der Waals surface area (Å²) in [6, 6.07) is 13.8. The lowest BCUT2D eigenvalue weighted by Gasteiger charge is -2.42. The minimum atomic E-state index is -0.821. The van der Waals surface area contributed by atoms with Crippen LogP contribution in [0, 0.1) is 0 Å². The lowest BCUT2D eigenvalue weighted by Crippen LogP contribution is -2.62. The van der Waals surface area contributed by atoms with Gasteiger partial charge in [0.15, 0.2) is 0 Å². The van der Waals surface area contributed by atoms with Crippen molar-refractivity contribution in [2.45, 2.75) is 25.6 Å². The Balaban J connectivity index is 1.73. The van der Waals surface area contributed by atoms with Gasteiger partial charge in [0.25, 0.3) is 0 Å². The Morgan fingerprint density at radius 1 is 1.25 bits per heavy atom. The molecule has 1 aliphatic heterocycles. The highest BCUT2D eigenvalue weighted by molar-refractivity contribution is 8.00. The molecule has 3 rings (SSSR count). The predicted molar refractivity (Wildman–Crippen MR) is 98.9 cm³/mol. The molecule has 2 amide bonds. The largest absolute Gasteiger partial charge is 0.350 e. The Morgan fingerprint density at radius 2 is 2.04 bits per heavy atom. The average Bonchev–Trinajstić information content (AvgIpc) is 3.10. The van der Waals surface area contributed by atoms with Crippen LogP contribution in [0.15, 0.2) is 47.8 Å². The number of rotatable bonds is 5. The van der Waals surface area contributed by atoms with E-state index in [1.165, 1.54) is 11.8 Å². The fraction of sp³-hybridized carbons (Fsp3) is 0.333. The fourth-order valence-electron chi connectivity index (χ4n) is 2.75. The lowest BCUT2D eigenvalue weighted by molar-refractivity contribution is -0.145. The van der Waals surface area contributed by atoms with Gasteiger partial charge in [-0.3, -0.25) is 9.59 Å². The van der Waals surface area contributed by atoms with Gasteiger partial charge in [0.05, 0.1) is 12.3 Å². The van der Waals surface area contributed by atoms with Crippen LogP contribution in [0.2, 0.25) is 0 Å². The maximum absolute atomic E-state index is 12.9. The Bertz CT molecular complexity index is 703. The van der Waals surface area contributed by atoms with Crippen molar-refractivity contribution in [1.82, 2.24) is 10.2 Å². The van der Waals surface area contributed by atoms with E-state index < -0.39 is 5.54 Å². The number of amides is 2. The summed E-state index contributed by atoms with van der Waals surface area (Å²) >= 11 is 3.14. The smallest absolute Gasteiger partial charge is 0.246 e. The number of benzene rings is 1. The van der Waals surface area contributed by atoms with Crippen LogP contribution < -0.4 is 5.32 Å². The van der Waals surface area contributed by atoms with Gasteiger partial charge in [-0.1, -0.05) is 36.4 Å². The molecular formula is C18H20N2O2S2. The molecule has 0 saturated carbocycles. The minimum Gasteiger partial charge on any atom is -0.350 e. The summed E-state index contributed by atoms with van der Waals surface area (Å²) in [7, 11) is 0. The highest BCUT2D eigenvalue weighted by Crippen LogP contribution is 2.30. The van der Waals surface area contributed by atoms with Gasteiger partial charge < -0.3 is 10.2 Å². The van der Waals surface area contributed by atoms with Crippen LogP contribution in [-0.2, 0) is 22.7 Å². The average molecular weight is 361 g/mol. The van der Waals surface area contributed by atoms with Crippen LogP contribution in [0.3, 0.4) is 0 Å². The van der Waals surface area contributed by atoms with E-state index in [-0.39, 0.29) is 11.8 Å². The molecule has 6 heteroatoms. The highest BCUT2D eigenvalue weighted by Gasteiger charge is 2.44.